The smallest absolute Gasteiger partial charge is 0.296 e. The molecule has 8 N–H and O–H groups in total. The van der Waals surface area contributed by atoms with Crippen molar-refractivity contribution in [2.24, 2.45) is 15.2 Å². The van der Waals surface area contributed by atoms with Crippen LogP contribution in [0.25, 0.3) is 21.8 Å². The SMILES string of the molecule is O=S(=O)(O)c1ccc(S(=O)(=O)O)c(N=c2nc(Nc3ccc4c(O)c(N=Nc5ccc6nc(O)[nH]c6c5)c(S(=O)(=O)O)cc4c3)nc(Cl)[nH]2)c1. The van der Waals surface area contributed by atoms with E-state index in [1.807, 2.05) is 0 Å². The van der Waals surface area contributed by atoms with Gasteiger partial charge in [0, 0.05) is 11.1 Å². The Hall–Kier alpha value is -5.56. The van der Waals surface area contributed by atoms with Crippen LogP contribution in [0.1, 0.15) is 0 Å². The molecule has 0 radical (unpaired) electrons. The summed E-state index contributed by atoms with van der Waals surface area (Å²) in [5.41, 5.74) is -0.496. The zero-order valence-corrected chi connectivity index (χ0v) is 27.5. The third-order valence-electron chi connectivity index (χ3n) is 6.67. The monoisotopic (exact) mass is 763 g/mol. The highest BCUT2D eigenvalue weighted by Crippen LogP contribution is 2.42. The number of fused-ring (bicyclic) bond motifs is 2. The topological polar surface area (TPSA) is 323 Å². The number of phenols is 1. The normalized spacial score (nSPS) is 13.1. The van der Waals surface area contributed by atoms with Gasteiger partial charge in [-0.05, 0) is 77.7 Å². The second kappa shape index (κ2) is 12.4. The number of halogens is 1. The second-order valence-corrected chi connectivity index (χ2v) is 14.6. The molecule has 6 aromatic rings. The van der Waals surface area contributed by atoms with Crippen molar-refractivity contribution in [3.63, 3.8) is 0 Å². The van der Waals surface area contributed by atoms with Gasteiger partial charge in [-0.1, -0.05) is 0 Å². The molecule has 20 nitrogen and oxygen atoms in total. The predicted octanol–water partition coefficient (Wildman–Crippen LogP) is 4.03. The van der Waals surface area contributed by atoms with Crippen molar-refractivity contribution < 1.29 is 49.1 Å². The Morgan fingerprint density at radius 2 is 1.48 bits per heavy atom. The predicted molar refractivity (Wildman–Crippen MR) is 173 cm³/mol. The highest BCUT2D eigenvalue weighted by Gasteiger charge is 2.23. The van der Waals surface area contributed by atoms with Crippen molar-refractivity contribution in [2.45, 2.75) is 14.7 Å². The van der Waals surface area contributed by atoms with Crippen LogP contribution in [0, 0.1) is 0 Å². The number of rotatable bonds is 8. The first-order valence-electron chi connectivity index (χ1n) is 13.3. The molecule has 0 atom stereocenters. The number of phenolic OH excluding ortho intramolecular Hbond substituents is 1. The first-order chi connectivity index (χ1) is 23.3. The molecule has 50 heavy (non-hydrogen) atoms. The molecule has 0 aliphatic carbocycles. The van der Waals surface area contributed by atoms with E-state index in [4.69, 9.17) is 11.6 Å². The van der Waals surface area contributed by atoms with E-state index in [2.05, 4.69) is 45.5 Å². The van der Waals surface area contributed by atoms with Crippen LogP contribution in [-0.2, 0) is 30.4 Å². The second-order valence-electron chi connectivity index (χ2n) is 10.0. The minimum atomic E-state index is -4.98. The molecule has 24 heteroatoms. The molecule has 0 saturated carbocycles. The molecule has 2 heterocycles. The summed E-state index contributed by atoms with van der Waals surface area (Å²) in [6.45, 7) is 0. The number of nitrogens with one attached hydrogen (secondary N) is 3. The van der Waals surface area contributed by atoms with Gasteiger partial charge in [0.1, 0.15) is 15.5 Å². The first-order valence-corrected chi connectivity index (χ1v) is 18.0. The summed E-state index contributed by atoms with van der Waals surface area (Å²) in [6.07, 6.45) is 0. The molecule has 0 aliphatic rings. The number of hydrogen-bond acceptors (Lipinski definition) is 15. The number of aromatic nitrogens is 5. The van der Waals surface area contributed by atoms with Gasteiger partial charge in [0.15, 0.2) is 5.75 Å². The number of aromatic amines is 2. The Morgan fingerprint density at radius 1 is 0.740 bits per heavy atom. The summed E-state index contributed by atoms with van der Waals surface area (Å²) in [7, 11) is -14.7. The molecule has 0 spiro atoms. The Kier molecular flexibility index (Phi) is 8.51. The maximum atomic E-state index is 12.3. The maximum Gasteiger partial charge on any atom is 0.296 e. The average molecular weight is 764 g/mol. The largest absolute Gasteiger partial charge is 0.505 e. The maximum absolute atomic E-state index is 12.3. The molecule has 0 fully saturated rings. The van der Waals surface area contributed by atoms with Gasteiger partial charge in [-0.3, -0.25) is 18.6 Å². The molecule has 0 aliphatic heterocycles. The van der Waals surface area contributed by atoms with E-state index in [1.54, 1.807) is 0 Å². The third-order valence-corrected chi connectivity index (χ3v) is 9.46. The summed E-state index contributed by atoms with van der Waals surface area (Å²) >= 11 is 6.05. The lowest BCUT2D eigenvalue weighted by Crippen LogP contribution is -2.16. The van der Waals surface area contributed by atoms with Crippen molar-refractivity contribution >= 4 is 92.5 Å². The number of hydrogen-bond donors (Lipinski definition) is 8. The highest BCUT2D eigenvalue weighted by atomic mass is 35.5. The van der Waals surface area contributed by atoms with Gasteiger partial charge in [-0.25, -0.2) is 4.99 Å². The van der Waals surface area contributed by atoms with Gasteiger partial charge in [0.05, 0.1) is 27.3 Å². The molecule has 0 unspecified atom stereocenters. The van der Waals surface area contributed by atoms with Gasteiger partial charge in [-0.2, -0.15) is 45.3 Å². The lowest BCUT2D eigenvalue weighted by molar-refractivity contribution is 0.438. The van der Waals surface area contributed by atoms with E-state index in [-0.39, 0.29) is 39.4 Å². The zero-order valence-electron chi connectivity index (χ0n) is 24.2. The van der Waals surface area contributed by atoms with Crippen molar-refractivity contribution in [3.05, 3.63) is 71.6 Å². The van der Waals surface area contributed by atoms with E-state index in [0.717, 1.165) is 12.1 Å². The summed E-state index contributed by atoms with van der Waals surface area (Å²) in [4.78, 5) is 18.3. The van der Waals surface area contributed by atoms with Gasteiger partial charge >= 0.3 is 0 Å². The Balaban J connectivity index is 1.39. The molecule has 4 aromatic carbocycles. The van der Waals surface area contributed by atoms with Crippen molar-refractivity contribution in [1.29, 1.82) is 0 Å². The number of aromatic hydroxyl groups is 2. The molecule has 0 bridgehead atoms. The summed E-state index contributed by atoms with van der Waals surface area (Å²) < 4.78 is 101. The quantitative estimate of drug-likeness (QED) is 0.0801. The minimum Gasteiger partial charge on any atom is -0.505 e. The van der Waals surface area contributed by atoms with E-state index >= 15 is 0 Å². The molecule has 0 saturated heterocycles. The zero-order chi connectivity index (χ0) is 36.2. The number of azo groups is 1. The molecule has 258 valence electrons. The standard InChI is InChI=1S/C26H18ClN9O11S3/c27-23-32-24(34-25(33-23)29-18-10-14(48(39,40)41)3-6-19(18)49(42,43)44)28-12-1-4-15-11(7-12)8-20(50(45,46)47)21(22(15)37)36-35-13-2-5-16-17(9-13)31-26(38)30-16/h1-10,37H,(H2,30,31,38)(H,39,40,41)(H,42,43,44)(H,45,46,47)(H2,28,29,32,33,34). The molecule has 6 rings (SSSR count). The summed E-state index contributed by atoms with van der Waals surface area (Å²) in [6, 6.07) is 11.3. The molecule has 0 amide bonds. The Bertz CT molecular complexity index is 2820. The highest BCUT2D eigenvalue weighted by molar-refractivity contribution is 7.86. The van der Waals surface area contributed by atoms with E-state index < -0.39 is 67.8 Å². The fourth-order valence-corrected chi connectivity index (χ4v) is 6.49. The molecular formula is C26H18ClN9O11S3. The van der Waals surface area contributed by atoms with Crippen LogP contribution in [0.2, 0.25) is 5.28 Å². The van der Waals surface area contributed by atoms with Gasteiger partial charge in [0.2, 0.25) is 16.9 Å². The molecular weight excluding hydrogens is 746 g/mol. The fraction of sp³-hybridized carbons (Fsp3) is 0. The van der Waals surface area contributed by atoms with Crippen LogP contribution in [0.3, 0.4) is 0 Å². The molecule has 2 aromatic heterocycles. The number of nitrogens with zero attached hydrogens (tertiary/aromatic N) is 6. The van der Waals surface area contributed by atoms with Crippen molar-refractivity contribution in [3.8, 4) is 11.8 Å². The van der Waals surface area contributed by atoms with Crippen LogP contribution in [0.5, 0.6) is 11.8 Å². The van der Waals surface area contributed by atoms with E-state index in [0.29, 0.717) is 23.2 Å². The lowest BCUT2D eigenvalue weighted by atomic mass is 10.1. The first kappa shape index (κ1) is 34.3. The van der Waals surface area contributed by atoms with Crippen LogP contribution >= 0.6 is 11.6 Å². The van der Waals surface area contributed by atoms with Crippen LogP contribution < -0.4 is 10.9 Å². The number of imidazole rings is 1. The average Bonchev–Trinajstić information content (AvgIpc) is 3.38. The van der Waals surface area contributed by atoms with Crippen LogP contribution in [0.4, 0.5) is 28.7 Å². The Labute approximate surface area is 284 Å². The number of H-pyrrole nitrogens is 2. The van der Waals surface area contributed by atoms with E-state index in [9.17, 15) is 49.1 Å². The minimum absolute atomic E-state index is 0.0757. The number of benzene rings is 4. The van der Waals surface area contributed by atoms with Gasteiger partial charge in [-0.15, -0.1) is 5.11 Å². The van der Waals surface area contributed by atoms with Crippen LogP contribution in [-0.4, -0.2) is 74.0 Å². The summed E-state index contributed by atoms with van der Waals surface area (Å²) in [5.74, 6) is -0.930. The van der Waals surface area contributed by atoms with Gasteiger partial charge < -0.3 is 20.5 Å². The van der Waals surface area contributed by atoms with Crippen molar-refractivity contribution in [1.82, 2.24) is 24.9 Å². The summed E-state index contributed by atoms with van der Waals surface area (Å²) in [5, 5.41) is 30.9. The third kappa shape index (κ3) is 7.22. The van der Waals surface area contributed by atoms with Crippen molar-refractivity contribution in [2.75, 3.05) is 5.32 Å². The van der Waals surface area contributed by atoms with E-state index in [1.165, 1.54) is 36.4 Å². The van der Waals surface area contributed by atoms with Crippen LogP contribution in [0.15, 0.2) is 90.6 Å². The Morgan fingerprint density at radius 3 is 2.18 bits per heavy atom. The van der Waals surface area contributed by atoms with Gasteiger partial charge in [0.25, 0.3) is 36.4 Å². The number of anilines is 2. The fourth-order valence-electron chi connectivity index (χ4n) is 4.56. The lowest BCUT2D eigenvalue weighted by Gasteiger charge is -2.11.